The van der Waals surface area contributed by atoms with Gasteiger partial charge in [0, 0.05) is 18.1 Å². The average molecular weight is 342 g/mol. The lowest BCUT2D eigenvalue weighted by Gasteiger charge is -2.26. The van der Waals surface area contributed by atoms with E-state index >= 15 is 0 Å². The lowest BCUT2D eigenvalue weighted by atomic mass is 10.2. The van der Waals surface area contributed by atoms with Gasteiger partial charge in [-0.1, -0.05) is 23.7 Å². The number of rotatable bonds is 5. The molecule has 0 atom stereocenters. The number of hydrogen-bond acceptors (Lipinski definition) is 4. The molecular formula is C15H16ClNO4S. The summed E-state index contributed by atoms with van der Waals surface area (Å²) in [5.41, 5.74) is 0.730. The summed E-state index contributed by atoms with van der Waals surface area (Å²) in [6.07, 6.45) is 1.54. The number of thioether (sulfide) groups is 1. The summed E-state index contributed by atoms with van der Waals surface area (Å²) in [5.74, 6) is -1.02. The van der Waals surface area contributed by atoms with Crippen LogP contribution in [-0.2, 0) is 14.3 Å². The summed E-state index contributed by atoms with van der Waals surface area (Å²) in [6.45, 7) is 2.18. The van der Waals surface area contributed by atoms with Crippen molar-refractivity contribution in [2.45, 2.75) is 0 Å². The van der Waals surface area contributed by atoms with Crippen molar-refractivity contribution in [1.29, 1.82) is 0 Å². The van der Waals surface area contributed by atoms with Crippen LogP contribution in [0.15, 0.2) is 29.2 Å². The van der Waals surface area contributed by atoms with Crippen molar-refractivity contribution in [2.75, 3.05) is 32.1 Å². The molecule has 5 nitrogen and oxygen atoms in total. The molecule has 0 saturated carbocycles. The number of nitrogens with zero attached hydrogens (tertiary/aromatic N) is 1. The highest BCUT2D eigenvalue weighted by Gasteiger charge is 2.18. The summed E-state index contributed by atoms with van der Waals surface area (Å²) in [7, 11) is 0. The minimum absolute atomic E-state index is 0.0726. The molecule has 0 radical (unpaired) electrons. The van der Waals surface area contributed by atoms with Gasteiger partial charge in [-0.05, 0) is 23.8 Å². The van der Waals surface area contributed by atoms with E-state index in [0.29, 0.717) is 31.3 Å². The van der Waals surface area contributed by atoms with E-state index in [1.165, 1.54) is 6.08 Å². The molecule has 0 spiro atoms. The van der Waals surface area contributed by atoms with Crippen molar-refractivity contribution < 1.29 is 19.4 Å². The number of morpholine rings is 1. The quantitative estimate of drug-likeness (QED) is 0.833. The van der Waals surface area contributed by atoms with E-state index in [1.807, 2.05) is 0 Å². The van der Waals surface area contributed by atoms with Gasteiger partial charge in [0.05, 0.1) is 23.9 Å². The van der Waals surface area contributed by atoms with Crippen LogP contribution in [0, 0.1) is 0 Å². The number of carboxylic acid groups (broad SMARTS) is 1. The first-order valence-electron chi connectivity index (χ1n) is 6.75. The van der Waals surface area contributed by atoms with E-state index in [4.69, 9.17) is 16.3 Å². The van der Waals surface area contributed by atoms with Gasteiger partial charge in [-0.15, -0.1) is 11.8 Å². The maximum absolute atomic E-state index is 12.0. The summed E-state index contributed by atoms with van der Waals surface area (Å²) in [6, 6.07) is 6.85. The van der Waals surface area contributed by atoms with Gasteiger partial charge < -0.3 is 14.7 Å². The van der Waals surface area contributed by atoms with Gasteiger partial charge >= 0.3 is 5.97 Å². The Hall–Kier alpha value is -1.50. The molecule has 1 saturated heterocycles. The van der Waals surface area contributed by atoms with Crippen LogP contribution in [0.3, 0.4) is 0 Å². The van der Waals surface area contributed by atoms with Gasteiger partial charge in [0.2, 0.25) is 5.91 Å². The van der Waals surface area contributed by atoms with Gasteiger partial charge in [-0.2, -0.15) is 0 Å². The van der Waals surface area contributed by atoms with Crippen LogP contribution in [0.1, 0.15) is 5.56 Å². The Morgan fingerprint density at radius 1 is 1.27 bits per heavy atom. The third-order valence-electron chi connectivity index (χ3n) is 3.09. The van der Waals surface area contributed by atoms with Crippen molar-refractivity contribution in [3.05, 3.63) is 39.8 Å². The molecule has 118 valence electrons. The minimum atomic E-state index is -1.05. The first-order valence-corrected chi connectivity index (χ1v) is 8.11. The Bertz CT molecular complexity index is 567. The van der Waals surface area contributed by atoms with Gasteiger partial charge in [0.15, 0.2) is 0 Å². The minimum Gasteiger partial charge on any atom is -0.477 e. The molecule has 1 aliphatic rings. The molecular weight excluding hydrogens is 326 g/mol. The number of amides is 1. The number of aliphatic carboxylic acids is 1. The SMILES string of the molecule is O=C(O)/C(=C\c1ccc(Cl)cc1)SCC(=O)N1CCOCC1. The molecule has 2 rings (SSSR count). The first kappa shape index (κ1) is 16.9. The first-order chi connectivity index (χ1) is 10.6. The summed E-state index contributed by atoms with van der Waals surface area (Å²) in [5, 5.41) is 9.84. The highest BCUT2D eigenvalue weighted by atomic mass is 35.5. The van der Waals surface area contributed by atoms with E-state index in [9.17, 15) is 14.7 Å². The third kappa shape index (κ3) is 5.05. The highest BCUT2D eigenvalue weighted by Crippen LogP contribution is 2.21. The molecule has 22 heavy (non-hydrogen) atoms. The predicted octanol–water partition coefficient (Wildman–Crippen LogP) is 2.36. The second kappa shape index (κ2) is 8.22. The van der Waals surface area contributed by atoms with Crippen LogP contribution in [0.2, 0.25) is 5.02 Å². The van der Waals surface area contributed by atoms with Gasteiger partial charge in [-0.3, -0.25) is 4.79 Å². The fraction of sp³-hybridized carbons (Fsp3) is 0.333. The lowest BCUT2D eigenvalue weighted by molar-refractivity contribution is -0.132. The Morgan fingerprint density at radius 3 is 2.50 bits per heavy atom. The zero-order valence-electron chi connectivity index (χ0n) is 11.8. The molecule has 1 aromatic rings. The Balaban J connectivity index is 1.98. The second-order valence-corrected chi connectivity index (χ2v) is 6.10. The molecule has 0 unspecified atom stereocenters. The largest absolute Gasteiger partial charge is 0.477 e. The maximum Gasteiger partial charge on any atom is 0.342 e. The van der Waals surface area contributed by atoms with Gasteiger partial charge in [0.1, 0.15) is 0 Å². The fourth-order valence-electron chi connectivity index (χ4n) is 1.92. The van der Waals surface area contributed by atoms with Crippen molar-refractivity contribution in [1.82, 2.24) is 4.90 Å². The van der Waals surface area contributed by atoms with E-state index in [-0.39, 0.29) is 16.6 Å². The second-order valence-electron chi connectivity index (χ2n) is 4.65. The van der Waals surface area contributed by atoms with Crippen molar-refractivity contribution in [3.8, 4) is 0 Å². The number of hydrogen-bond donors (Lipinski definition) is 1. The molecule has 1 amide bonds. The molecule has 1 fully saturated rings. The van der Waals surface area contributed by atoms with E-state index in [2.05, 4.69) is 0 Å². The Labute approximate surface area is 137 Å². The summed E-state index contributed by atoms with van der Waals surface area (Å²) >= 11 is 6.82. The van der Waals surface area contributed by atoms with Crippen LogP contribution in [0.25, 0.3) is 6.08 Å². The molecule has 0 bridgehead atoms. The molecule has 7 heteroatoms. The fourth-order valence-corrected chi connectivity index (χ4v) is 2.85. The number of halogens is 1. The standard InChI is InChI=1S/C15H16ClNO4S/c16-12-3-1-11(2-4-12)9-13(15(19)20)22-10-14(18)17-5-7-21-8-6-17/h1-4,9H,5-8,10H2,(H,19,20)/b13-9+. The normalized spacial score (nSPS) is 15.7. The van der Waals surface area contributed by atoms with Crippen LogP contribution in [-0.4, -0.2) is 53.9 Å². The Kier molecular flexibility index (Phi) is 6.30. The number of carbonyl (C=O) groups excluding carboxylic acids is 1. The number of ether oxygens (including phenoxy) is 1. The summed E-state index contributed by atoms with van der Waals surface area (Å²) < 4.78 is 5.19. The number of benzene rings is 1. The maximum atomic E-state index is 12.0. The van der Waals surface area contributed by atoms with E-state index in [0.717, 1.165) is 17.3 Å². The van der Waals surface area contributed by atoms with Crippen LogP contribution >= 0.6 is 23.4 Å². The number of carbonyl (C=O) groups is 2. The monoisotopic (exact) mass is 341 g/mol. The van der Waals surface area contributed by atoms with Gasteiger partial charge in [-0.25, -0.2) is 4.79 Å². The lowest BCUT2D eigenvalue weighted by Crippen LogP contribution is -2.41. The van der Waals surface area contributed by atoms with Crippen molar-refractivity contribution >= 4 is 41.3 Å². The molecule has 1 aromatic carbocycles. The zero-order valence-corrected chi connectivity index (χ0v) is 13.4. The van der Waals surface area contributed by atoms with Gasteiger partial charge in [0.25, 0.3) is 0 Å². The van der Waals surface area contributed by atoms with Crippen molar-refractivity contribution in [2.24, 2.45) is 0 Å². The Morgan fingerprint density at radius 2 is 1.91 bits per heavy atom. The van der Waals surface area contributed by atoms with Crippen LogP contribution in [0.5, 0.6) is 0 Å². The van der Waals surface area contributed by atoms with Crippen LogP contribution < -0.4 is 0 Å². The predicted molar refractivity (Wildman–Crippen MR) is 86.9 cm³/mol. The smallest absolute Gasteiger partial charge is 0.342 e. The zero-order chi connectivity index (χ0) is 15.9. The molecule has 0 aromatic heterocycles. The number of carboxylic acids is 1. The highest BCUT2D eigenvalue weighted by molar-refractivity contribution is 8.04. The van der Waals surface area contributed by atoms with Crippen molar-refractivity contribution in [3.63, 3.8) is 0 Å². The topological polar surface area (TPSA) is 66.8 Å². The average Bonchev–Trinajstić information content (AvgIpc) is 2.53. The van der Waals surface area contributed by atoms with E-state index in [1.54, 1.807) is 29.2 Å². The molecule has 1 heterocycles. The van der Waals surface area contributed by atoms with Crippen LogP contribution in [0.4, 0.5) is 0 Å². The third-order valence-corrected chi connectivity index (χ3v) is 4.34. The molecule has 0 aliphatic carbocycles. The molecule has 1 aliphatic heterocycles. The molecule has 1 N–H and O–H groups in total. The van der Waals surface area contributed by atoms with E-state index < -0.39 is 5.97 Å². The summed E-state index contributed by atoms with van der Waals surface area (Å²) in [4.78, 5) is 25.2.